The Morgan fingerprint density at radius 1 is 1.15 bits per heavy atom. The number of likely N-dealkylation sites (tertiary alicyclic amines) is 1. The number of hydrogen-bond acceptors (Lipinski definition) is 7. The van der Waals surface area contributed by atoms with Crippen molar-refractivity contribution < 1.29 is 32.0 Å². The van der Waals surface area contributed by atoms with E-state index >= 15 is 0 Å². The molecule has 0 saturated carbocycles. The number of ether oxygens (including phenoxy) is 2. The number of benzene rings is 2. The van der Waals surface area contributed by atoms with Gasteiger partial charge in [-0.1, -0.05) is 23.4 Å². The van der Waals surface area contributed by atoms with Gasteiger partial charge in [-0.3, -0.25) is 9.69 Å². The van der Waals surface area contributed by atoms with Crippen molar-refractivity contribution in [1.29, 1.82) is 0 Å². The van der Waals surface area contributed by atoms with Gasteiger partial charge in [0.25, 0.3) is 5.91 Å². The maximum Gasteiger partial charge on any atom is 0.573 e. The lowest BCUT2D eigenvalue weighted by Gasteiger charge is -2.14. The minimum Gasteiger partial charge on any atom is -0.484 e. The van der Waals surface area contributed by atoms with Crippen molar-refractivity contribution in [3.63, 3.8) is 0 Å². The summed E-state index contributed by atoms with van der Waals surface area (Å²) in [6.45, 7) is 0.913. The van der Waals surface area contributed by atoms with Crippen molar-refractivity contribution in [2.45, 2.75) is 25.2 Å². The van der Waals surface area contributed by atoms with E-state index in [0.29, 0.717) is 23.0 Å². The molecule has 0 spiro atoms. The monoisotopic (exact) mass is 464 g/mol. The van der Waals surface area contributed by atoms with Crippen LogP contribution in [0.2, 0.25) is 0 Å². The molecule has 1 aliphatic rings. The largest absolute Gasteiger partial charge is 0.573 e. The first-order valence-electron chi connectivity index (χ1n) is 10.1. The Kier molecular flexibility index (Phi) is 7.88. The Morgan fingerprint density at radius 3 is 2.42 bits per heavy atom. The Bertz CT molecular complexity index is 1030. The number of primary amides is 1. The lowest BCUT2D eigenvalue weighted by molar-refractivity contribution is -0.274. The number of para-hydroxylation sites is 1. The molecular weight excluding hydrogens is 441 g/mol. The van der Waals surface area contributed by atoms with E-state index in [1.54, 1.807) is 12.1 Å². The zero-order valence-corrected chi connectivity index (χ0v) is 17.8. The molecule has 0 bridgehead atoms. The number of aromatic nitrogens is 2. The number of amides is 1. The summed E-state index contributed by atoms with van der Waals surface area (Å²) in [4.78, 5) is 16.7. The van der Waals surface area contributed by atoms with E-state index in [1.165, 1.54) is 24.3 Å². The Hall–Kier alpha value is -3.60. The van der Waals surface area contributed by atoms with Gasteiger partial charge in [-0.05, 0) is 62.8 Å². The molecule has 176 valence electrons. The Morgan fingerprint density at radius 2 is 1.85 bits per heavy atom. The normalized spacial score (nSPS) is 16.1. The first-order chi connectivity index (χ1) is 15.7. The molecule has 1 aromatic heterocycles. The first kappa shape index (κ1) is 24.1. The topological polar surface area (TPSA) is 104 Å². The summed E-state index contributed by atoms with van der Waals surface area (Å²) in [6, 6.07) is 14.5. The van der Waals surface area contributed by atoms with Crippen LogP contribution < -0.4 is 15.2 Å². The number of rotatable bonds is 6. The predicted molar refractivity (Wildman–Crippen MR) is 112 cm³/mol. The van der Waals surface area contributed by atoms with Gasteiger partial charge in [0.2, 0.25) is 11.7 Å². The molecule has 11 heteroatoms. The molecule has 2 heterocycles. The van der Waals surface area contributed by atoms with E-state index in [0.717, 1.165) is 19.4 Å². The van der Waals surface area contributed by atoms with Crippen LogP contribution in [0.15, 0.2) is 59.1 Å². The molecule has 3 aromatic rings. The second kappa shape index (κ2) is 10.8. The fraction of sp³-hybridized carbons (Fsp3) is 0.318. The third-order valence-electron chi connectivity index (χ3n) is 4.72. The van der Waals surface area contributed by atoms with E-state index in [2.05, 4.69) is 19.8 Å². The molecule has 1 aliphatic heterocycles. The molecule has 1 saturated heterocycles. The van der Waals surface area contributed by atoms with E-state index in [1.807, 2.05) is 25.2 Å². The van der Waals surface area contributed by atoms with Gasteiger partial charge in [0.1, 0.15) is 11.5 Å². The molecule has 0 radical (unpaired) electrons. The third kappa shape index (κ3) is 7.49. The third-order valence-corrected chi connectivity index (χ3v) is 4.72. The summed E-state index contributed by atoms with van der Waals surface area (Å²) in [7, 11) is 1.99. The Balaban J connectivity index is 0.000000235. The smallest absolute Gasteiger partial charge is 0.484 e. The first-order valence-corrected chi connectivity index (χ1v) is 10.1. The van der Waals surface area contributed by atoms with Gasteiger partial charge in [0.05, 0.1) is 6.04 Å². The highest BCUT2D eigenvalue weighted by atomic mass is 19.4. The number of alkyl halides is 3. The van der Waals surface area contributed by atoms with Crippen LogP contribution in [0.5, 0.6) is 11.5 Å². The van der Waals surface area contributed by atoms with Crippen LogP contribution in [-0.4, -0.2) is 47.5 Å². The zero-order chi connectivity index (χ0) is 23.8. The highest BCUT2D eigenvalue weighted by Crippen LogP contribution is 2.31. The number of nitrogens with two attached hydrogens (primary N) is 1. The minimum absolute atomic E-state index is 0.0655. The SMILES string of the molecule is CN1CCC[C@H]1c1nc(-c2ccc(OC(F)(F)F)cc2)no1.NC(=O)COc1ccccc1. The van der Waals surface area contributed by atoms with E-state index in [9.17, 15) is 18.0 Å². The summed E-state index contributed by atoms with van der Waals surface area (Å²) < 4.78 is 50.4. The number of halogens is 3. The molecule has 1 amide bonds. The van der Waals surface area contributed by atoms with E-state index in [-0.39, 0.29) is 18.4 Å². The highest BCUT2D eigenvalue weighted by molar-refractivity contribution is 5.75. The van der Waals surface area contributed by atoms with Crippen LogP contribution in [0.4, 0.5) is 13.2 Å². The maximum atomic E-state index is 12.1. The van der Waals surface area contributed by atoms with Gasteiger partial charge in [-0.25, -0.2) is 0 Å². The average molecular weight is 464 g/mol. The molecule has 4 rings (SSSR count). The van der Waals surface area contributed by atoms with E-state index in [4.69, 9.17) is 15.0 Å². The fourth-order valence-corrected chi connectivity index (χ4v) is 3.19. The molecular formula is C22H23F3N4O4. The van der Waals surface area contributed by atoms with Crippen molar-refractivity contribution in [3.8, 4) is 22.9 Å². The van der Waals surface area contributed by atoms with Crippen molar-refractivity contribution in [2.75, 3.05) is 20.2 Å². The van der Waals surface area contributed by atoms with Gasteiger partial charge in [0.15, 0.2) is 6.61 Å². The predicted octanol–water partition coefficient (Wildman–Crippen LogP) is 3.95. The van der Waals surface area contributed by atoms with Gasteiger partial charge < -0.3 is 19.7 Å². The number of carbonyl (C=O) groups excluding carboxylic acids is 1. The Labute approximate surface area is 188 Å². The molecule has 2 aromatic carbocycles. The molecule has 1 fully saturated rings. The van der Waals surface area contributed by atoms with E-state index < -0.39 is 12.3 Å². The number of nitrogens with zero attached hydrogens (tertiary/aromatic N) is 3. The molecule has 1 atom stereocenters. The number of carbonyl (C=O) groups is 1. The van der Waals surface area contributed by atoms with Crippen LogP contribution in [0.1, 0.15) is 24.8 Å². The second-order valence-electron chi connectivity index (χ2n) is 7.24. The zero-order valence-electron chi connectivity index (χ0n) is 17.8. The summed E-state index contributed by atoms with van der Waals surface area (Å²) >= 11 is 0. The van der Waals surface area contributed by atoms with Gasteiger partial charge >= 0.3 is 6.36 Å². The van der Waals surface area contributed by atoms with Crippen molar-refractivity contribution >= 4 is 5.91 Å². The fourth-order valence-electron chi connectivity index (χ4n) is 3.19. The molecule has 2 N–H and O–H groups in total. The van der Waals surface area contributed by atoms with Crippen molar-refractivity contribution in [3.05, 3.63) is 60.5 Å². The molecule has 0 unspecified atom stereocenters. The van der Waals surface area contributed by atoms with Crippen molar-refractivity contribution in [1.82, 2.24) is 15.0 Å². The highest BCUT2D eigenvalue weighted by Gasteiger charge is 2.31. The number of hydrogen-bond donors (Lipinski definition) is 1. The summed E-state index contributed by atoms with van der Waals surface area (Å²) in [6.07, 6.45) is -2.67. The molecule has 0 aliphatic carbocycles. The summed E-state index contributed by atoms with van der Waals surface area (Å²) in [5.74, 6) is 0.801. The minimum atomic E-state index is -4.70. The molecule has 33 heavy (non-hydrogen) atoms. The lowest BCUT2D eigenvalue weighted by atomic mass is 10.2. The van der Waals surface area contributed by atoms with Crippen LogP contribution >= 0.6 is 0 Å². The van der Waals surface area contributed by atoms with Crippen LogP contribution in [0, 0.1) is 0 Å². The maximum absolute atomic E-state index is 12.1. The van der Waals surface area contributed by atoms with Crippen molar-refractivity contribution in [2.24, 2.45) is 5.73 Å². The van der Waals surface area contributed by atoms with Gasteiger partial charge in [-0.2, -0.15) is 4.98 Å². The lowest BCUT2D eigenvalue weighted by Crippen LogP contribution is -2.19. The molecule has 8 nitrogen and oxygen atoms in total. The standard InChI is InChI=1S/C14H14F3N3O2.C8H9NO2/c1-20-8-2-3-11(20)13-18-12(19-22-13)9-4-6-10(7-5-9)21-14(15,16)17;9-8(10)6-11-7-4-2-1-3-5-7/h4-7,11H,2-3,8H2,1H3;1-5H,6H2,(H2,9,10)/t11-;/m0./s1. The van der Waals surface area contributed by atoms with Gasteiger partial charge in [-0.15, -0.1) is 13.2 Å². The van der Waals surface area contributed by atoms with Gasteiger partial charge in [0, 0.05) is 5.56 Å². The van der Waals surface area contributed by atoms with Crippen LogP contribution in [0.25, 0.3) is 11.4 Å². The average Bonchev–Trinajstić information content (AvgIpc) is 3.42. The summed E-state index contributed by atoms with van der Waals surface area (Å²) in [5.41, 5.74) is 5.45. The second-order valence-corrected chi connectivity index (χ2v) is 7.24. The quantitative estimate of drug-likeness (QED) is 0.589. The van der Waals surface area contributed by atoms with Crippen LogP contribution in [-0.2, 0) is 4.79 Å². The summed E-state index contributed by atoms with van der Waals surface area (Å²) in [5, 5.41) is 3.89. The van der Waals surface area contributed by atoms with Crippen LogP contribution in [0.3, 0.4) is 0 Å².